The number of nitrogens with two attached hydrogens (primary N) is 1. The van der Waals surface area contributed by atoms with Crippen LogP contribution < -0.4 is 11.1 Å². The van der Waals surface area contributed by atoms with Crippen LogP contribution in [-0.2, 0) is 4.79 Å². The van der Waals surface area contributed by atoms with Crippen LogP contribution in [0.5, 0.6) is 0 Å². The van der Waals surface area contributed by atoms with Crippen molar-refractivity contribution in [3.8, 4) is 0 Å². The van der Waals surface area contributed by atoms with E-state index in [9.17, 15) is 4.79 Å². The van der Waals surface area contributed by atoms with Gasteiger partial charge >= 0.3 is 0 Å². The van der Waals surface area contributed by atoms with Gasteiger partial charge in [0.05, 0.1) is 5.92 Å². The van der Waals surface area contributed by atoms with Crippen molar-refractivity contribution in [3.63, 3.8) is 0 Å². The lowest BCUT2D eigenvalue weighted by Crippen LogP contribution is -2.13. The molecule has 15 heavy (non-hydrogen) atoms. The first-order valence-electron chi connectivity index (χ1n) is 5.02. The lowest BCUT2D eigenvalue weighted by atomic mass is 9.96. The Morgan fingerprint density at radius 3 is 3.00 bits per heavy atom. The fraction of sp³-hybridized carbons (Fsp3) is 0.364. The standard InChI is InChI=1S/C11H13BrN2O/c12-7-3-4-8-9(2-1-5-13)11(15)14-10(8)6-7/h3-4,6,9H,1-2,5,13H2,(H,14,15). The van der Waals surface area contributed by atoms with Crippen molar-refractivity contribution >= 4 is 27.5 Å². The largest absolute Gasteiger partial charge is 0.330 e. The maximum absolute atomic E-state index is 11.7. The minimum atomic E-state index is -0.0170. The summed E-state index contributed by atoms with van der Waals surface area (Å²) in [4.78, 5) is 11.7. The van der Waals surface area contributed by atoms with E-state index in [0.717, 1.165) is 28.6 Å². The molecule has 0 saturated carbocycles. The molecule has 0 aromatic heterocycles. The van der Waals surface area contributed by atoms with Crippen molar-refractivity contribution in [2.75, 3.05) is 11.9 Å². The van der Waals surface area contributed by atoms with Gasteiger partial charge < -0.3 is 11.1 Å². The number of benzene rings is 1. The Labute approximate surface area is 97.2 Å². The molecule has 1 aromatic carbocycles. The van der Waals surface area contributed by atoms with Crippen molar-refractivity contribution in [3.05, 3.63) is 28.2 Å². The Balaban J connectivity index is 2.25. The number of halogens is 1. The maximum Gasteiger partial charge on any atom is 0.232 e. The van der Waals surface area contributed by atoms with Gasteiger partial charge in [-0.15, -0.1) is 0 Å². The fourth-order valence-corrected chi connectivity index (χ4v) is 2.27. The van der Waals surface area contributed by atoms with Crippen LogP contribution >= 0.6 is 15.9 Å². The van der Waals surface area contributed by atoms with Crippen molar-refractivity contribution in [2.45, 2.75) is 18.8 Å². The van der Waals surface area contributed by atoms with Crippen LogP contribution in [0.2, 0.25) is 0 Å². The van der Waals surface area contributed by atoms with E-state index in [2.05, 4.69) is 21.2 Å². The first kappa shape index (κ1) is 10.6. The maximum atomic E-state index is 11.7. The SMILES string of the molecule is NCCCC1C(=O)Nc2cc(Br)ccc21. The number of carbonyl (C=O) groups excluding carboxylic acids is 1. The monoisotopic (exact) mass is 268 g/mol. The summed E-state index contributed by atoms with van der Waals surface area (Å²) in [6.45, 7) is 0.635. The summed E-state index contributed by atoms with van der Waals surface area (Å²) in [7, 11) is 0. The molecular weight excluding hydrogens is 256 g/mol. The predicted octanol–water partition coefficient (Wildman–Crippen LogP) is 2.22. The van der Waals surface area contributed by atoms with Gasteiger partial charge in [-0.1, -0.05) is 22.0 Å². The predicted molar refractivity (Wildman–Crippen MR) is 63.8 cm³/mol. The third-order valence-electron chi connectivity index (χ3n) is 2.66. The van der Waals surface area contributed by atoms with Crippen LogP contribution in [-0.4, -0.2) is 12.5 Å². The quantitative estimate of drug-likeness (QED) is 0.884. The summed E-state index contributed by atoms with van der Waals surface area (Å²) in [5.41, 5.74) is 7.48. The second-order valence-electron chi connectivity index (χ2n) is 3.70. The van der Waals surface area contributed by atoms with Crippen LogP contribution in [0.25, 0.3) is 0 Å². The molecule has 1 unspecified atom stereocenters. The van der Waals surface area contributed by atoms with E-state index in [4.69, 9.17) is 5.73 Å². The lowest BCUT2D eigenvalue weighted by molar-refractivity contribution is -0.117. The number of rotatable bonds is 3. The molecule has 1 heterocycles. The van der Waals surface area contributed by atoms with Gasteiger partial charge in [0, 0.05) is 10.2 Å². The topological polar surface area (TPSA) is 55.1 Å². The third-order valence-corrected chi connectivity index (χ3v) is 3.16. The Morgan fingerprint density at radius 2 is 2.27 bits per heavy atom. The zero-order chi connectivity index (χ0) is 10.8. The zero-order valence-corrected chi connectivity index (χ0v) is 9.88. The lowest BCUT2D eigenvalue weighted by Gasteiger charge is -2.07. The molecule has 0 aliphatic carbocycles. The average Bonchev–Trinajstić information content (AvgIpc) is 2.50. The number of nitrogens with one attached hydrogen (secondary N) is 1. The number of fused-ring (bicyclic) bond motifs is 1. The van der Waals surface area contributed by atoms with Gasteiger partial charge in [-0.05, 0) is 37.1 Å². The molecule has 80 valence electrons. The molecule has 1 aromatic rings. The minimum absolute atomic E-state index is 0.0170. The molecule has 3 nitrogen and oxygen atoms in total. The summed E-state index contributed by atoms with van der Waals surface area (Å²) in [5.74, 6) is 0.0770. The fourth-order valence-electron chi connectivity index (χ4n) is 1.91. The van der Waals surface area contributed by atoms with Crippen molar-refractivity contribution in [1.82, 2.24) is 0 Å². The van der Waals surface area contributed by atoms with Crippen molar-refractivity contribution < 1.29 is 4.79 Å². The summed E-state index contributed by atoms with van der Waals surface area (Å²) in [5, 5.41) is 2.89. The molecule has 4 heteroatoms. The van der Waals surface area contributed by atoms with Gasteiger partial charge in [-0.3, -0.25) is 4.79 Å². The Kier molecular flexibility index (Phi) is 3.07. The number of anilines is 1. The zero-order valence-electron chi connectivity index (χ0n) is 8.29. The summed E-state index contributed by atoms with van der Waals surface area (Å²) in [6.07, 6.45) is 1.71. The van der Waals surface area contributed by atoms with E-state index < -0.39 is 0 Å². The van der Waals surface area contributed by atoms with Crippen LogP contribution in [0.1, 0.15) is 24.3 Å². The van der Waals surface area contributed by atoms with Crippen LogP contribution in [0, 0.1) is 0 Å². The molecule has 0 fully saturated rings. The molecule has 1 atom stereocenters. The van der Waals surface area contributed by atoms with E-state index in [1.54, 1.807) is 0 Å². The Hall–Kier alpha value is -0.870. The van der Waals surface area contributed by atoms with Gasteiger partial charge in [0.2, 0.25) is 5.91 Å². The summed E-state index contributed by atoms with van der Waals surface area (Å²) in [6, 6.07) is 5.91. The minimum Gasteiger partial charge on any atom is -0.330 e. The summed E-state index contributed by atoms with van der Waals surface area (Å²) >= 11 is 3.39. The van der Waals surface area contributed by atoms with E-state index in [0.29, 0.717) is 6.54 Å². The second kappa shape index (κ2) is 4.33. The van der Waals surface area contributed by atoms with Crippen LogP contribution in [0.4, 0.5) is 5.69 Å². The third kappa shape index (κ3) is 2.06. The molecule has 1 aliphatic heterocycles. The molecule has 1 amide bonds. The van der Waals surface area contributed by atoms with Gasteiger partial charge in [-0.25, -0.2) is 0 Å². The smallest absolute Gasteiger partial charge is 0.232 e. The highest BCUT2D eigenvalue weighted by molar-refractivity contribution is 9.10. The van der Waals surface area contributed by atoms with E-state index in [-0.39, 0.29) is 11.8 Å². The highest BCUT2D eigenvalue weighted by atomic mass is 79.9. The number of hydrogen-bond donors (Lipinski definition) is 2. The molecule has 0 radical (unpaired) electrons. The van der Waals surface area contributed by atoms with E-state index in [1.165, 1.54) is 0 Å². The van der Waals surface area contributed by atoms with E-state index >= 15 is 0 Å². The van der Waals surface area contributed by atoms with Crippen LogP contribution in [0.3, 0.4) is 0 Å². The molecule has 0 bridgehead atoms. The molecular formula is C11H13BrN2O. The highest BCUT2D eigenvalue weighted by Crippen LogP contribution is 2.36. The molecule has 0 saturated heterocycles. The average molecular weight is 269 g/mol. The second-order valence-corrected chi connectivity index (χ2v) is 4.62. The Bertz CT molecular complexity index is 392. The molecule has 0 spiro atoms. The number of carbonyl (C=O) groups is 1. The van der Waals surface area contributed by atoms with Gasteiger partial charge in [0.15, 0.2) is 0 Å². The van der Waals surface area contributed by atoms with E-state index in [1.807, 2.05) is 18.2 Å². The van der Waals surface area contributed by atoms with Gasteiger partial charge in [-0.2, -0.15) is 0 Å². The number of hydrogen-bond acceptors (Lipinski definition) is 2. The first-order valence-corrected chi connectivity index (χ1v) is 5.82. The van der Waals surface area contributed by atoms with Gasteiger partial charge in [0.25, 0.3) is 0 Å². The molecule has 1 aliphatic rings. The van der Waals surface area contributed by atoms with Gasteiger partial charge in [0.1, 0.15) is 0 Å². The summed E-state index contributed by atoms with van der Waals surface area (Å²) < 4.78 is 0.987. The number of amides is 1. The van der Waals surface area contributed by atoms with Crippen LogP contribution in [0.15, 0.2) is 22.7 Å². The Morgan fingerprint density at radius 1 is 1.47 bits per heavy atom. The highest BCUT2D eigenvalue weighted by Gasteiger charge is 2.29. The molecule has 3 N–H and O–H groups in total. The van der Waals surface area contributed by atoms with Crippen molar-refractivity contribution in [2.24, 2.45) is 5.73 Å². The molecule has 2 rings (SSSR count). The van der Waals surface area contributed by atoms with Crippen molar-refractivity contribution in [1.29, 1.82) is 0 Å². The first-order chi connectivity index (χ1) is 7.22. The normalized spacial score (nSPS) is 18.8.